The maximum atomic E-state index is 13.9. The van der Waals surface area contributed by atoms with Gasteiger partial charge >= 0.3 is 5.97 Å². The molecule has 3 aromatic carbocycles. The number of methoxy groups -OCH3 is 1. The van der Waals surface area contributed by atoms with E-state index in [0.717, 1.165) is 11.1 Å². The lowest BCUT2D eigenvalue weighted by Gasteiger charge is -2.38. The van der Waals surface area contributed by atoms with Gasteiger partial charge in [-0.05, 0) is 66.7 Å². The first kappa shape index (κ1) is 23.5. The predicted molar refractivity (Wildman–Crippen MR) is 144 cm³/mol. The molecule has 0 saturated carbocycles. The fourth-order valence-corrected chi connectivity index (χ4v) is 6.78. The number of thioether (sulfide) groups is 2. The van der Waals surface area contributed by atoms with E-state index in [1.54, 1.807) is 22.0 Å². The van der Waals surface area contributed by atoms with Crippen LogP contribution in [-0.4, -0.2) is 28.4 Å². The van der Waals surface area contributed by atoms with Crippen molar-refractivity contribution in [3.05, 3.63) is 99.9 Å². The van der Waals surface area contributed by atoms with E-state index in [0.29, 0.717) is 21.3 Å². The lowest BCUT2D eigenvalue weighted by molar-refractivity contribution is -0.132. The molecule has 9 heteroatoms. The first-order chi connectivity index (χ1) is 16.9. The molecule has 176 valence electrons. The van der Waals surface area contributed by atoms with E-state index in [4.69, 9.17) is 16.3 Å². The quantitative estimate of drug-likeness (QED) is 0.304. The van der Waals surface area contributed by atoms with E-state index >= 15 is 0 Å². The summed E-state index contributed by atoms with van der Waals surface area (Å²) in [7, 11) is 1.31. The van der Waals surface area contributed by atoms with Crippen molar-refractivity contribution < 1.29 is 14.3 Å². The number of halogens is 1. The number of hydrogen-bond acceptors (Lipinski definition) is 7. The van der Waals surface area contributed by atoms with Crippen molar-refractivity contribution in [2.24, 2.45) is 5.10 Å². The molecule has 1 atom stereocenters. The Morgan fingerprint density at radius 2 is 1.66 bits per heavy atom. The lowest BCUT2D eigenvalue weighted by atomic mass is 10.1. The van der Waals surface area contributed by atoms with Gasteiger partial charge in [0.25, 0.3) is 5.91 Å². The summed E-state index contributed by atoms with van der Waals surface area (Å²) in [4.78, 5) is 28.7. The second kappa shape index (κ2) is 9.45. The van der Waals surface area contributed by atoms with E-state index in [-0.39, 0.29) is 11.0 Å². The number of carbonyl (C=O) groups excluding carboxylic acids is 2. The van der Waals surface area contributed by atoms with E-state index in [1.807, 2.05) is 79.7 Å². The number of hydrogen-bond donors (Lipinski definition) is 0. The maximum absolute atomic E-state index is 13.9. The van der Waals surface area contributed by atoms with Crippen LogP contribution in [-0.2, 0) is 14.3 Å². The van der Waals surface area contributed by atoms with Crippen molar-refractivity contribution in [3.8, 4) is 0 Å². The average molecular weight is 522 g/mol. The summed E-state index contributed by atoms with van der Waals surface area (Å²) in [5.41, 5.74) is 3.41. The van der Waals surface area contributed by atoms with Gasteiger partial charge in [-0.15, -0.1) is 0 Å². The van der Waals surface area contributed by atoms with Crippen molar-refractivity contribution in [2.45, 2.75) is 11.3 Å². The van der Waals surface area contributed by atoms with Gasteiger partial charge in [0.1, 0.15) is 0 Å². The maximum Gasteiger partial charge on any atom is 0.365 e. The molecule has 0 bridgehead atoms. The second-order valence-corrected chi connectivity index (χ2v) is 10.9. The molecular formula is C26H20ClN3O3S2. The Hall–Kier alpha value is -3.20. The Labute approximate surface area is 216 Å². The highest BCUT2D eigenvalue weighted by Gasteiger charge is 2.60. The van der Waals surface area contributed by atoms with Crippen molar-refractivity contribution >= 4 is 69.5 Å². The van der Waals surface area contributed by atoms with E-state index in [2.05, 4.69) is 5.10 Å². The molecule has 0 N–H and O–H groups in total. The Balaban J connectivity index is 1.68. The molecule has 1 spiro atoms. The van der Waals surface area contributed by atoms with Gasteiger partial charge < -0.3 is 4.74 Å². The number of ether oxygens (including phenoxy) is 1. The van der Waals surface area contributed by atoms with Crippen LogP contribution in [0.25, 0.3) is 6.08 Å². The number of carbonyl (C=O) groups is 2. The highest BCUT2D eigenvalue weighted by molar-refractivity contribution is 8.29. The van der Waals surface area contributed by atoms with Gasteiger partial charge in [-0.25, -0.2) is 9.80 Å². The van der Waals surface area contributed by atoms with Crippen LogP contribution in [0.2, 0.25) is 5.02 Å². The summed E-state index contributed by atoms with van der Waals surface area (Å²) in [6, 6.07) is 24.4. The Morgan fingerprint density at radius 1 is 0.971 bits per heavy atom. The number of para-hydroxylation sites is 1. The SMILES string of the molecule is COC(=O)C1=NN(c2ccc(Cl)cc2)[C@@]2(S1)S/C(=C/c1ccc(C)cc1)C(=O)N2c1ccccc1. The number of esters is 1. The van der Waals surface area contributed by atoms with Gasteiger partial charge in [0.2, 0.25) is 9.37 Å². The molecule has 0 aliphatic carbocycles. The van der Waals surface area contributed by atoms with Crippen LogP contribution >= 0.6 is 35.1 Å². The third kappa shape index (κ3) is 4.33. The summed E-state index contributed by atoms with van der Waals surface area (Å²) in [6.07, 6.45) is 1.87. The lowest BCUT2D eigenvalue weighted by Crippen LogP contribution is -2.51. The molecule has 2 aliphatic rings. The molecule has 1 saturated heterocycles. The molecule has 3 aromatic rings. The van der Waals surface area contributed by atoms with Gasteiger partial charge in [-0.3, -0.25) is 9.69 Å². The molecule has 0 unspecified atom stereocenters. The molecule has 2 heterocycles. The largest absolute Gasteiger partial charge is 0.464 e. The second-order valence-electron chi connectivity index (χ2n) is 7.83. The Kier molecular flexibility index (Phi) is 6.35. The average Bonchev–Trinajstić information content (AvgIpc) is 3.38. The summed E-state index contributed by atoms with van der Waals surface area (Å²) in [5, 5.41) is 7.02. The number of amides is 1. The molecule has 1 amide bonds. The highest BCUT2D eigenvalue weighted by atomic mass is 35.5. The number of anilines is 2. The number of rotatable bonds is 4. The minimum Gasteiger partial charge on any atom is -0.464 e. The molecule has 6 nitrogen and oxygen atoms in total. The standard InChI is InChI=1S/C26H20ClN3O3S2/c1-17-8-10-18(11-9-17)16-22-24(31)29(20-6-4-3-5-7-20)26(34-22)30(21-14-12-19(27)13-15-21)28-23(35-26)25(32)33-2/h3-16H,1-2H3/b22-16+/t26-/m1/s1. The zero-order valence-corrected chi connectivity index (χ0v) is 21.2. The number of hydrazone groups is 1. The summed E-state index contributed by atoms with van der Waals surface area (Å²) >= 11 is 8.65. The van der Waals surface area contributed by atoms with Crippen molar-refractivity contribution in [2.75, 3.05) is 17.0 Å². The van der Waals surface area contributed by atoms with Gasteiger partial charge in [0, 0.05) is 10.7 Å². The van der Waals surface area contributed by atoms with Crippen LogP contribution in [0.3, 0.4) is 0 Å². The van der Waals surface area contributed by atoms with Crippen LogP contribution in [0.5, 0.6) is 0 Å². The predicted octanol–water partition coefficient (Wildman–Crippen LogP) is 6.12. The van der Waals surface area contributed by atoms with Gasteiger partial charge in [-0.1, -0.05) is 71.4 Å². The third-order valence-corrected chi connectivity index (χ3v) is 8.40. The van der Waals surface area contributed by atoms with Crippen molar-refractivity contribution in [3.63, 3.8) is 0 Å². The Morgan fingerprint density at radius 3 is 2.31 bits per heavy atom. The number of benzene rings is 3. The first-order valence-electron chi connectivity index (χ1n) is 10.7. The van der Waals surface area contributed by atoms with Gasteiger partial charge in [-0.2, -0.15) is 5.10 Å². The fraction of sp³-hybridized carbons (Fsp3) is 0.115. The fourth-order valence-electron chi connectivity index (χ4n) is 3.75. The molecule has 2 aliphatic heterocycles. The molecule has 1 fully saturated rings. The summed E-state index contributed by atoms with van der Waals surface area (Å²) < 4.78 is 3.86. The Bertz CT molecular complexity index is 1340. The molecular weight excluding hydrogens is 502 g/mol. The van der Waals surface area contributed by atoms with E-state index < -0.39 is 10.3 Å². The van der Waals surface area contributed by atoms with Gasteiger partial charge in [0.05, 0.1) is 17.7 Å². The molecule has 0 aromatic heterocycles. The minimum absolute atomic E-state index is 0.153. The van der Waals surface area contributed by atoms with E-state index in [1.165, 1.54) is 30.6 Å². The smallest absolute Gasteiger partial charge is 0.365 e. The van der Waals surface area contributed by atoms with Crippen molar-refractivity contribution in [1.29, 1.82) is 0 Å². The minimum atomic E-state index is -1.12. The monoisotopic (exact) mass is 521 g/mol. The highest BCUT2D eigenvalue weighted by Crippen LogP contribution is 2.59. The normalized spacial score (nSPS) is 20.6. The van der Waals surface area contributed by atoms with Crippen LogP contribution in [0, 0.1) is 6.92 Å². The molecule has 5 rings (SSSR count). The molecule has 0 radical (unpaired) electrons. The van der Waals surface area contributed by atoms with E-state index in [9.17, 15) is 9.59 Å². The number of nitrogens with zero attached hydrogens (tertiary/aromatic N) is 3. The topological polar surface area (TPSA) is 62.2 Å². The van der Waals surface area contributed by atoms with Crippen molar-refractivity contribution in [1.82, 2.24) is 0 Å². The zero-order valence-electron chi connectivity index (χ0n) is 18.8. The zero-order chi connectivity index (χ0) is 24.6. The van der Waals surface area contributed by atoms with Crippen LogP contribution in [0.15, 0.2) is 88.9 Å². The first-order valence-corrected chi connectivity index (χ1v) is 12.7. The van der Waals surface area contributed by atoms with Crippen LogP contribution in [0.4, 0.5) is 11.4 Å². The third-order valence-electron chi connectivity index (χ3n) is 5.45. The van der Waals surface area contributed by atoms with Gasteiger partial charge in [0.15, 0.2) is 0 Å². The van der Waals surface area contributed by atoms with Crippen LogP contribution < -0.4 is 9.91 Å². The number of aryl methyl sites for hydroxylation is 1. The summed E-state index contributed by atoms with van der Waals surface area (Å²) in [6.45, 7) is 2.02. The molecule has 35 heavy (non-hydrogen) atoms. The summed E-state index contributed by atoms with van der Waals surface area (Å²) in [5.74, 6) is -0.752. The van der Waals surface area contributed by atoms with Crippen LogP contribution in [0.1, 0.15) is 11.1 Å².